The molecule has 1 aliphatic carbocycles. The van der Waals surface area contributed by atoms with Crippen molar-refractivity contribution in [3.05, 3.63) is 52.2 Å². The van der Waals surface area contributed by atoms with E-state index in [1.165, 1.54) is 42.5 Å². The summed E-state index contributed by atoms with van der Waals surface area (Å²) in [7, 11) is 0. The van der Waals surface area contributed by atoms with Crippen LogP contribution in [0.25, 0.3) is 16.8 Å². The van der Waals surface area contributed by atoms with Gasteiger partial charge in [0.1, 0.15) is 24.0 Å². The molecule has 216 valence electrons. The van der Waals surface area contributed by atoms with E-state index in [4.69, 9.17) is 4.74 Å². The van der Waals surface area contributed by atoms with Crippen LogP contribution in [-0.2, 0) is 17.5 Å². The Labute approximate surface area is 228 Å². The molecule has 0 radical (unpaired) electrons. The maximum Gasteiger partial charge on any atom is 0.419 e. The average molecular weight is 564 g/mol. The largest absolute Gasteiger partial charge is 0.473 e. The summed E-state index contributed by atoms with van der Waals surface area (Å²) < 4.78 is 62.8. The Hall–Kier alpha value is -3.41. The molecule has 1 saturated heterocycles. The summed E-state index contributed by atoms with van der Waals surface area (Å²) in [6.07, 6.45) is 3.02. The smallest absolute Gasteiger partial charge is 0.419 e. The molecule has 2 fully saturated rings. The highest BCUT2D eigenvalue weighted by molar-refractivity contribution is 5.77. The zero-order chi connectivity index (χ0) is 28.6. The lowest BCUT2D eigenvalue weighted by Gasteiger charge is -2.35. The second kappa shape index (κ2) is 11.2. The van der Waals surface area contributed by atoms with E-state index < -0.39 is 35.6 Å². The van der Waals surface area contributed by atoms with Crippen LogP contribution < -0.4 is 15.6 Å². The van der Waals surface area contributed by atoms with E-state index in [1.807, 2.05) is 0 Å². The average Bonchev–Trinajstić information content (AvgIpc) is 3.56. The van der Waals surface area contributed by atoms with Crippen LogP contribution in [0.2, 0.25) is 0 Å². The van der Waals surface area contributed by atoms with E-state index in [2.05, 4.69) is 15.3 Å². The molecule has 1 amide bonds. The van der Waals surface area contributed by atoms with E-state index in [9.17, 15) is 27.2 Å². The summed E-state index contributed by atoms with van der Waals surface area (Å²) in [6, 6.07) is 4.38. The van der Waals surface area contributed by atoms with Gasteiger partial charge in [-0.2, -0.15) is 13.2 Å². The van der Waals surface area contributed by atoms with Gasteiger partial charge in [0.05, 0.1) is 17.5 Å². The topological polar surface area (TPSA) is 80.9 Å². The minimum absolute atomic E-state index is 0.0126. The van der Waals surface area contributed by atoms with Gasteiger partial charge in [-0.15, -0.1) is 5.10 Å². The molecule has 8 nitrogen and oxygen atoms in total. The molecule has 2 aliphatic rings. The van der Waals surface area contributed by atoms with Gasteiger partial charge >= 0.3 is 6.18 Å². The number of piperidine rings is 1. The number of amides is 1. The number of aromatic nitrogens is 3. The van der Waals surface area contributed by atoms with Crippen LogP contribution in [0.3, 0.4) is 0 Å². The molecule has 2 aromatic heterocycles. The Morgan fingerprint density at radius 3 is 2.48 bits per heavy atom. The van der Waals surface area contributed by atoms with Crippen molar-refractivity contribution in [1.82, 2.24) is 24.4 Å². The third-order valence-electron chi connectivity index (χ3n) is 7.64. The summed E-state index contributed by atoms with van der Waals surface area (Å²) in [6.45, 7) is 4.91. The first kappa shape index (κ1) is 28.1. The fraction of sp³-hybridized carbons (Fsp3) is 0.536. The lowest BCUT2D eigenvalue weighted by molar-refractivity contribution is -0.140. The molecule has 3 heterocycles. The standard InChI is InChI=1S/C28H33F4N5O3/c1-17(2)33-25(38)16-36-24(18-7-8-22(29)21(13-18)28(30,31)32)15-37-23(27(36)39)14-26(34-37)40-20-9-11-35(12-10-20)19-5-3-4-6-19/h7-8,13-15,17,19-20H,3-6,9-12,16H2,1-2H3,(H,33,38). The highest BCUT2D eigenvalue weighted by atomic mass is 19.4. The summed E-state index contributed by atoms with van der Waals surface area (Å²) in [4.78, 5) is 28.7. The number of rotatable bonds is 7. The Morgan fingerprint density at radius 1 is 1.12 bits per heavy atom. The Morgan fingerprint density at radius 2 is 1.82 bits per heavy atom. The molecule has 0 unspecified atom stereocenters. The van der Waals surface area contributed by atoms with Crippen LogP contribution in [0.5, 0.6) is 5.88 Å². The van der Waals surface area contributed by atoms with E-state index in [0.29, 0.717) is 18.2 Å². The van der Waals surface area contributed by atoms with Crippen molar-refractivity contribution in [3.63, 3.8) is 0 Å². The zero-order valence-corrected chi connectivity index (χ0v) is 22.5. The van der Waals surface area contributed by atoms with Gasteiger partial charge in [-0.05, 0) is 57.7 Å². The number of halogens is 4. The van der Waals surface area contributed by atoms with Gasteiger partial charge in [0.2, 0.25) is 11.8 Å². The number of ether oxygens (including phenoxy) is 1. The molecule has 0 spiro atoms. The van der Waals surface area contributed by atoms with Crippen molar-refractivity contribution in [2.75, 3.05) is 13.1 Å². The highest BCUT2D eigenvalue weighted by Crippen LogP contribution is 2.34. The monoisotopic (exact) mass is 563 g/mol. The van der Waals surface area contributed by atoms with Gasteiger partial charge in [0.25, 0.3) is 5.56 Å². The zero-order valence-electron chi connectivity index (χ0n) is 22.5. The maximum absolute atomic E-state index is 14.0. The summed E-state index contributed by atoms with van der Waals surface area (Å²) in [5, 5.41) is 7.06. The predicted octanol–water partition coefficient (Wildman–Crippen LogP) is 4.63. The molecule has 40 heavy (non-hydrogen) atoms. The molecular formula is C28H33F4N5O3. The second-order valence-electron chi connectivity index (χ2n) is 10.9. The first-order valence-corrected chi connectivity index (χ1v) is 13.7. The normalized spacial score (nSPS) is 17.7. The van der Waals surface area contributed by atoms with Crippen LogP contribution in [0.4, 0.5) is 17.6 Å². The van der Waals surface area contributed by atoms with Crippen LogP contribution in [0.15, 0.2) is 35.3 Å². The fourth-order valence-corrected chi connectivity index (χ4v) is 5.72. The molecular weight excluding hydrogens is 530 g/mol. The Bertz CT molecular complexity index is 1430. The molecule has 1 N–H and O–H groups in total. The van der Waals surface area contributed by atoms with Gasteiger partial charge in [-0.1, -0.05) is 12.8 Å². The van der Waals surface area contributed by atoms with E-state index in [0.717, 1.165) is 36.6 Å². The minimum atomic E-state index is -4.94. The molecule has 5 rings (SSSR count). The van der Waals surface area contributed by atoms with Crippen LogP contribution in [-0.4, -0.2) is 56.3 Å². The summed E-state index contributed by atoms with van der Waals surface area (Å²) in [5.74, 6) is -1.70. The third kappa shape index (κ3) is 6.01. The van der Waals surface area contributed by atoms with Gasteiger partial charge in [0, 0.05) is 36.8 Å². The highest BCUT2D eigenvalue weighted by Gasteiger charge is 2.35. The van der Waals surface area contributed by atoms with Crippen molar-refractivity contribution < 1.29 is 27.1 Å². The number of nitrogens with one attached hydrogen (secondary N) is 1. The number of alkyl halides is 3. The summed E-state index contributed by atoms with van der Waals surface area (Å²) in [5.41, 5.74) is -2.08. The number of fused-ring (bicyclic) bond motifs is 1. The Kier molecular flexibility index (Phi) is 7.89. The number of carbonyl (C=O) groups excluding carboxylic acids is 1. The number of hydrogen-bond acceptors (Lipinski definition) is 5. The lowest BCUT2D eigenvalue weighted by atomic mass is 10.0. The predicted molar refractivity (Wildman–Crippen MR) is 141 cm³/mol. The van der Waals surface area contributed by atoms with Crippen LogP contribution in [0.1, 0.15) is 57.9 Å². The number of hydrogen-bond donors (Lipinski definition) is 1. The van der Waals surface area contributed by atoms with Crippen molar-refractivity contribution in [1.29, 1.82) is 0 Å². The summed E-state index contributed by atoms with van der Waals surface area (Å²) >= 11 is 0. The number of benzene rings is 1. The second-order valence-corrected chi connectivity index (χ2v) is 10.9. The Balaban J connectivity index is 1.47. The first-order chi connectivity index (χ1) is 19.0. The molecule has 1 aromatic carbocycles. The molecule has 3 aromatic rings. The molecule has 1 aliphatic heterocycles. The number of nitrogens with zero attached hydrogens (tertiary/aromatic N) is 4. The van der Waals surface area contributed by atoms with Gasteiger partial charge in [-0.25, -0.2) is 8.91 Å². The third-order valence-corrected chi connectivity index (χ3v) is 7.64. The maximum atomic E-state index is 14.0. The quantitative estimate of drug-likeness (QED) is 0.424. The van der Waals surface area contributed by atoms with Crippen LogP contribution >= 0.6 is 0 Å². The lowest BCUT2D eigenvalue weighted by Crippen LogP contribution is -2.43. The van der Waals surface area contributed by atoms with Crippen molar-refractivity contribution in [2.24, 2.45) is 0 Å². The molecule has 0 atom stereocenters. The number of carbonyl (C=O) groups is 1. The van der Waals surface area contributed by atoms with E-state index >= 15 is 0 Å². The molecule has 0 bridgehead atoms. The van der Waals surface area contributed by atoms with Gasteiger partial charge < -0.3 is 15.0 Å². The number of likely N-dealkylation sites (tertiary alicyclic amines) is 1. The van der Waals surface area contributed by atoms with Crippen LogP contribution in [0, 0.1) is 5.82 Å². The SMILES string of the molecule is CC(C)NC(=O)Cn1c(-c2ccc(F)c(C(F)(F)F)c2)cn2nc(OC3CCN(C4CCCC4)CC3)cc2c1=O. The fourth-order valence-electron chi connectivity index (χ4n) is 5.72. The molecule has 12 heteroatoms. The van der Waals surface area contributed by atoms with Crippen molar-refractivity contribution in [2.45, 2.75) is 83.3 Å². The van der Waals surface area contributed by atoms with Crippen molar-refractivity contribution in [3.8, 4) is 17.1 Å². The molecule has 1 saturated carbocycles. The first-order valence-electron chi connectivity index (χ1n) is 13.7. The van der Waals surface area contributed by atoms with E-state index in [-0.39, 0.29) is 34.8 Å². The van der Waals surface area contributed by atoms with Gasteiger partial charge in [0.15, 0.2) is 0 Å². The van der Waals surface area contributed by atoms with Crippen molar-refractivity contribution >= 4 is 11.4 Å². The van der Waals surface area contributed by atoms with E-state index in [1.54, 1.807) is 13.8 Å². The van der Waals surface area contributed by atoms with Gasteiger partial charge in [-0.3, -0.25) is 14.2 Å². The minimum Gasteiger partial charge on any atom is -0.473 e.